The fourth-order valence-electron chi connectivity index (χ4n) is 3.67. The van der Waals surface area contributed by atoms with Crippen molar-refractivity contribution in [1.29, 1.82) is 0 Å². The molecule has 1 fully saturated rings. The number of urea groups is 1. The molecule has 0 bridgehead atoms. The second kappa shape index (κ2) is 9.20. The number of ether oxygens (including phenoxy) is 1. The van der Waals surface area contributed by atoms with Crippen LogP contribution in [0.2, 0.25) is 0 Å². The van der Waals surface area contributed by atoms with E-state index in [0.717, 1.165) is 55.6 Å². The third kappa shape index (κ3) is 5.12. The second-order valence-electron chi connectivity index (χ2n) is 8.07. The molecule has 30 heavy (non-hydrogen) atoms. The van der Waals surface area contributed by atoms with E-state index >= 15 is 0 Å². The molecule has 3 amide bonds. The fraction of sp³-hybridized carbons (Fsp3) is 0.417. The summed E-state index contributed by atoms with van der Waals surface area (Å²) < 4.78 is 5.64. The van der Waals surface area contributed by atoms with Gasteiger partial charge in [-0.15, -0.1) is 0 Å². The first-order valence-corrected chi connectivity index (χ1v) is 10.8. The predicted molar refractivity (Wildman–Crippen MR) is 118 cm³/mol. The van der Waals surface area contributed by atoms with Crippen molar-refractivity contribution in [3.8, 4) is 5.75 Å². The Hall–Kier alpha value is -3.02. The largest absolute Gasteiger partial charge is 0.494 e. The molecule has 0 spiro atoms. The van der Waals surface area contributed by atoms with Crippen LogP contribution in [-0.4, -0.2) is 30.0 Å². The molecular formula is C24H29N3O3. The zero-order valence-corrected chi connectivity index (χ0v) is 17.4. The van der Waals surface area contributed by atoms with Crippen LogP contribution in [0.4, 0.5) is 16.2 Å². The molecule has 0 unspecified atom stereocenters. The quantitative estimate of drug-likeness (QED) is 0.648. The molecule has 6 heteroatoms. The average Bonchev–Trinajstić information content (AvgIpc) is 3.59. The van der Waals surface area contributed by atoms with E-state index in [9.17, 15) is 9.59 Å². The Morgan fingerprint density at radius 2 is 1.77 bits per heavy atom. The van der Waals surface area contributed by atoms with Crippen molar-refractivity contribution in [2.24, 2.45) is 5.92 Å². The second-order valence-corrected chi connectivity index (χ2v) is 8.07. The average molecular weight is 408 g/mol. The lowest BCUT2D eigenvalue weighted by atomic mass is 9.98. The van der Waals surface area contributed by atoms with Crippen LogP contribution >= 0.6 is 0 Å². The van der Waals surface area contributed by atoms with Gasteiger partial charge in [0.05, 0.1) is 6.61 Å². The molecule has 1 saturated carbocycles. The Morgan fingerprint density at radius 3 is 2.50 bits per heavy atom. The van der Waals surface area contributed by atoms with Crippen LogP contribution in [0.1, 0.15) is 43.7 Å². The van der Waals surface area contributed by atoms with Crippen molar-refractivity contribution in [2.75, 3.05) is 23.8 Å². The lowest BCUT2D eigenvalue weighted by Crippen LogP contribution is -2.36. The standard InChI is InChI=1S/C24H29N3O3/c1-2-3-14-30-22-10-8-20(9-11-22)25-24(29)26-21-7-6-17-12-13-27(16-19(17)15-21)23(28)18-4-5-18/h6-11,15,18H,2-5,12-14,16H2,1H3,(H2,25,26,29). The number of hydrogen-bond donors (Lipinski definition) is 2. The topological polar surface area (TPSA) is 70.7 Å². The molecular weight excluding hydrogens is 378 g/mol. The van der Waals surface area contributed by atoms with E-state index in [1.807, 2.05) is 47.4 Å². The number of amides is 3. The summed E-state index contributed by atoms with van der Waals surface area (Å²) in [5.74, 6) is 1.32. The van der Waals surface area contributed by atoms with Crippen LogP contribution in [-0.2, 0) is 17.8 Å². The van der Waals surface area contributed by atoms with E-state index in [2.05, 4.69) is 17.6 Å². The molecule has 0 saturated heterocycles. The van der Waals surface area contributed by atoms with Gasteiger partial charge in [-0.2, -0.15) is 0 Å². The predicted octanol–water partition coefficient (Wildman–Crippen LogP) is 4.80. The van der Waals surface area contributed by atoms with Gasteiger partial charge in [0, 0.05) is 30.4 Å². The highest BCUT2D eigenvalue weighted by Gasteiger charge is 2.34. The lowest BCUT2D eigenvalue weighted by Gasteiger charge is -2.29. The lowest BCUT2D eigenvalue weighted by molar-refractivity contribution is -0.133. The summed E-state index contributed by atoms with van der Waals surface area (Å²) in [4.78, 5) is 26.7. The number of nitrogens with zero attached hydrogens (tertiary/aromatic N) is 1. The summed E-state index contributed by atoms with van der Waals surface area (Å²) in [6.45, 7) is 4.24. The highest BCUT2D eigenvalue weighted by atomic mass is 16.5. The van der Waals surface area contributed by atoms with Gasteiger partial charge in [0.25, 0.3) is 0 Å². The zero-order valence-electron chi connectivity index (χ0n) is 17.4. The number of nitrogens with one attached hydrogen (secondary N) is 2. The van der Waals surface area contributed by atoms with Gasteiger partial charge < -0.3 is 20.3 Å². The van der Waals surface area contributed by atoms with Crippen molar-refractivity contribution < 1.29 is 14.3 Å². The molecule has 2 aromatic carbocycles. The molecule has 4 rings (SSSR count). The summed E-state index contributed by atoms with van der Waals surface area (Å²) >= 11 is 0. The van der Waals surface area contributed by atoms with Crippen molar-refractivity contribution in [1.82, 2.24) is 4.90 Å². The minimum Gasteiger partial charge on any atom is -0.494 e. The molecule has 2 aromatic rings. The summed E-state index contributed by atoms with van der Waals surface area (Å²) in [6, 6.07) is 13.0. The highest BCUT2D eigenvalue weighted by Crippen LogP contribution is 2.33. The normalized spacial score (nSPS) is 15.3. The maximum atomic E-state index is 12.4. The smallest absolute Gasteiger partial charge is 0.323 e. The van der Waals surface area contributed by atoms with E-state index in [0.29, 0.717) is 18.8 Å². The fourth-order valence-corrected chi connectivity index (χ4v) is 3.67. The first kappa shape index (κ1) is 20.3. The number of carbonyl (C=O) groups excluding carboxylic acids is 2. The molecule has 1 aliphatic carbocycles. The molecule has 6 nitrogen and oxygen atoms in total. The van der Waals surface area contributed by atoms with Gasteiger partial charge in [0.1, 0.15) is 5.75 Å². The van der Waals surface area contributed by atoms with Crippen molar-refractivity contribution in [2.45, 2.75) is 45.6 Å². The van der Waals surface area contributed by atoms with Crippen LogP contribution in [0.15, 0.2) is 42.5 Å². The summed E-state index contributed by atoms with van der Waals surface area (Å²) in [5, 5.41) is 5.74. The van der Waals surface area contributed by atoms with Crippen molar-refractivity contribution in [3.05, 3.63) is 53.6 Å². The molecule has 0 radical (unpaired) electrons. The monoisotopic (exact) mass is 407 g/mol. The highest BCUT2D eigenvalue weighted by molar-refractivity contribution is 5.99. The van der Waals surface area contributed by atoms with E-state index < -0.39 is 0 Å². The summed E-state index contributed by atoms with van der Waals surface area (Å²) in [5.41, 5.74) is 3.79. The SMILES string of the molecule is CCCCOc1ccc(NC(=O)Nc2ccc3c(c2)CN(C(=O)C2CC2)CC3)cc1. The first-order valence-electron chi connectivity index (χ1n) is 10.8. The van der Waals surface area contributed by atoms with E-state index in [1.165, 1.54) is 5.56 Å². The van der Waals surface area contributed by atoms with Gasteiger partial charge in [-0.25, -0.2) is 4.79 Å². The van der Waals surface area contributed by atoms with Gasteiger partial charge in [-0.1, -0.05) is 19.4 Å². The Kier molecular flexibility index (Phi) is 6.21. The number of unbranched alkanes of at least 4 members (excludes halogenated alkanes) is 1. The maximum Gasteiger partial charge on any atom is 0.323 e. The van der Waals surface area contributed by atoms with Gasteiger partial charge in [0.2, 0.25) is 5.91 Å². The minimum absolute atomic E-state index is 0.238. The summed E-state index contributed by atoms with van der Waals surface area (Å²) in [7, 11) is 0. The summed E-state index contributed by atoms with van der Waals surface area (Å²) in [6.07, 6.45) is 5.03. The zero-order chi connectivity index (χ0) is 20.9. The van der Waals surface area contributed by atoms with Gasteiger partial charge >= 0.3 is 6.03 Å². The third-order valence-corrected chi connectivity index (χ3v) is 5.59. The number of carbonyl (C=O) groups is 2. The number of fused-ring (bicyclic) bond motifs is 1. The van der Waals surface area contributed by atoms with Crippen LogP contribution < -0.4 is 15.4 Å². The van der Waals surface area contributed by atoms with Crippen LogP contribution in [0.25, 0.3) is 0 Å². The first-order chi connectivity index (χ1) is 14.6. The maximum absolute atomic E-state index is 12.4. The van der Waals surface area contributed by atoms with Crippen LogP contribution in [0.5, 0.6) is 5.75 Å². The van der Waals surface area contributed by atoms with Crippen LogP contribution in [0, 0.1) is 5.92 Å². The number of anilines is 2. The minimum atomic E-state index is -0.295. The van der Waals surface area contributed by atoms with Crippen molar-refractivity contribution in [3.63, 3.8) is 0 Å². The van der Waals surface area contributed by atoms with E-state index in [4.69, 9.17) is 4.74 Å². The molecule has 1 heterocycles. The van der Waals surface area contributed by atoms with Gasteiger partial charge in [0.15, 0.2) is 0 Å². The van der Waals surface area contributed by atoms with Gasteiger partial charge in [-0.3, -0.25) is 4.79 Å². The van der Waals surface area contributed by atoms with E-state index in [-0.39, 0.29) is 17.9 Å². The molecule has 2 N–H and O–H groups in total. The van der Waals surface area contributed by atoms with E-state index in [1.54, 1.807) is 0 Å². The Bertz CT molecular complexity index is 906. The molecule has 0 atom stereocenters. The molecule has 2 aliphatic rings. The van der Waals surface area contributed by atoms with Crippen molar-refractivity contribution >= 4 is 23.3 Å². The Labute approximate surface area is 177 Å². The van der Waals surface area contributed by atoms with Crippen LogP contribution in [0.3, 0.4) is 0 Å². The molecule has 1 aliphatic heterocycles. The van der Waals surface area contributed by atoms with Gasteiger partial charge in [-0.05, 0) is 73.2 Å². The Balaban J connectivity index is 1.32. The number of hydrogen-bond acceptors (Lipinski definition) is 3. The number of rotatable bonds is 7. The molecule has 0 aromatic heterocycles. The number of benzene rings is 2. The molecule has 158 valence electrons. The Morgan fingerprint density at radius 1 is 1.03 bits per heavy atom. The third-order valence-electron chi connectivity index (χ3n) is 5.59.